The largest absolute Gasteiger partial charge is 0.490 e. The van der Waals surface area contributed by atoms with Crippen LogP contribution in [-0.4, -0.2) is 46.0 Å². The molecule has 1 N–H and O–H groups in total. The second-order valence-corrected chi connectivity index (χ2v) is 7.79. The maximum atomic E-state index is 15.2. The Bertz CT molecular complexity index is 1200. The molecular weight excluding hydrogens is 425 g/mol. The summed E-state index contributed by atoms with van der Waals surface area (Å²) in [6, 6.07) is 9.63. The van der Waals surface area contributed by atoms with Crippen molar-refractivity contribution in [2.24, 2.45) is 0 Å². The summed E-state index contributed by atoms with van der Waals surface area (Å²) in [6.45, 7) is 2.12. The lowest BCUT2D eigenvalue weighted by atomic mass is 9.82. The Morgan fingerprint density at radius 1 is 1.21 bits per heavy atom. The number of halogens is 1. The topological polar surface area (TPSA) is 110 Å². The predicted molar refractivity (Wildman–Crippen MR) is 117 cm³/mol. The van der Waals surface area contributed by atoms with Crippen molar-refractivity contribution in [2.45, 2.75) is 31.4 Å². The predicted octanol–water partition coefficient (Wildman–Crippen LogP) is 3.33. The monoisotopic (exact) mass is 447 g/mol. The lowest BCUT2D eigenvalue weighted by Crippen LogP contribution is -2.58. The smallest absolute Gasteiger partial charge is 0.259 e. The zero-order valence-corrected chi connectivity index (χ0v) is 18.2. The Hall–Kier alpha value is -3.90. The van der Waals surface area contributed by atoms with Crippen molar-refractivity contribution in [3.05, 3.63) is 65.9 Å². The van der Waals surface area contributed by atoms with Gasteiger partial charge in [-0.1, -0.05) is 12.1 Å². The summed E-state index contributed by atoms with van der Waals surface area (Å²) < 4.78 is 26.7. The highest BCUT2D eigenvalue weighted by Gasteiger charge is 2.46. The van der Waals surface area contributed by atoms with Gasteiger partial charge in [0.2, 0.25) is 5.78 Å². The van der Waals surface area contributed by atoms with E-state index in [2.05, 4.69) is 20.3 Å². The molecule has 1 aliphatic rings. The molecule has 33 heavy (non-hydrogen) atoms. The second kappa shape index (κ2) is 9.30. The number of nitriles is 1. The molecule has 168 valence electrons. The molecule has 0 unspecified atom stereocenters. The van der Waals surface area contributed by atoms with Gasteiger partial charge in [0.1, 0.15) is 17.4 Å². The molecular formula is C24H22FN5O3. The standard InChI is InChI=1S/C24H22FN5O3/c1-15-7-9-24(14-30-15,33-23-20(32-2)16(13-26)8-12-29-23)21(31)19-17(5-3-6-18(19)25)22-27-10-4-11-28-22/h3-6,8,10-12,15,30H,7,9,14H2,1-2H3/t15-,24-/m1/s1. The Morgan fingerprint density at radius 2 is 2.00 bits per heavy atom. The number of ether oxygens (including phenoxy) is 2. The van der Waals surface area contributed by atoms with Crippen molar-refractivity contribution in [3.63, 3.8) is 0 Å². The first-order valence-corrected chi connectivity index (χ1v) is 10.5. The van der Waals surface area contributed by atoms with Gasteiger partial charge in [-0.15, -0.1) is 0 Å². The van der Waals surface area contributed by atoms with Gasteiger partial charge in [-0.2, -0.15) is 5.26 Å². The van der Waals surface area contributed by atoms with Gasteiger partial charge in [0.15, 0.2) is 17.2 Å². The minimum atomic E-state index is -1.48. The summed E-state index contributed by atoms with van der Waals surface area (Å²) >= 11 is 0. The molecule has 1 aromatic carbocycles. The van der Waals surface area contributed by atoms with E-state index >= 15 is 4.39 Å². The number of nitrogens with one attached hydrogen (secondary N) is 1. The number of piperidine rings is 1. The maximum Gasteiger partial charge on any atom is 0.259 e. The van der Waals surface area contributed by atoms with Crippen LogP contribution >= 0.6 is 0 Å². The van der Waals surface area contributed by atoms with Crippen LogP contribution in [0.2, 0.25) is 0 Å². The minimum Gasteiger partial charge on any atom is -0.490 e. The van der Waals surface area contributed by atoms with Crippen LogP contribution < -0.4 is 14.8 Å². The van der Waals surface area contributed by atoms with Gasteiger partial charge >= 0.3 is 0 Å². The summed E-state index contributed by atoms with van der Waals surface area (Å²) in [5.74, 6) is -0.915. The number of ketones is 1. The van der Waals surface area contributed by atoms with Crippen molar-refractivity contribution >= 4 is 5.78 Å². The van der Waals surface area contributed by atoms with Crippen molar-refractivity contribution in [2.75, 3.05) is 13.7 Å². The van der Waals surface area contributed by atoms with Gasteiger partial charge in [0.25, 0.3) is 5.88 Å². The van der Waals surface area contributed by atoms with E-state index in [1.54, 1.807) is 12.1 Å². The Labute approximate surface area is 190 Å². The number of pyridine rings is 1. The van der Waals surface area contributed by atoms with Gasteiger partial charge in [-0.05, 0) is 38.0 Å². The molecule has 2 atom stereocenters. The van der Waals surface area contributed by atoms with Crippen LogP contribution in [0.15, 0.2) is 48.9 Å². The van der Waals surface area contributed by atoms with Crippen LogP contribution in [0.4, 0.5) is 4.39 Å². The number of methoxy groups -OCH3 is 1. The second-order valence-electron chi connectivity index (χ2n) is 7.79. The average molecular weight is 447 g/mol. The van der Waals surface area contributed by atoms with Gasteiger partial charge in [0, 0.05) is 36.7 Å². The highest BCUT2D eigenvalue weighted by atomic mass is 19.1. The normalized spacial score (nSPS) is 20.0. The number of carbonyl (C=O) groups excluding carboxylic acids is 1. The first kappa shape index (κ1) is 22.3. The molecule has 0 amide bonds. The molecule has 0 radical (unpaired) electrons. The minimum absolute atomic E-state index is 0.00453. The number of rotatable bonds is 6. The maximum absolute atomic E-state index is 15.2. The number of benzene rings is 1. The first-order valence-electron chi connectivity index (χ1n) is 10.5. The lowest BCUT2D eigenvalue weighted by Gasteiger charge is -2.39. The van der Waals surface area contributed by atoms with Crippen LogP contribution in [0.1, 0.15) is 35.7 Å². The number of Topliss-reactive ketones (excluding diaryl/α,β-unsaturated/α-hetero) is 1. The van der Waals surface area contributed by atoms with Gasteiger partial charge in [-0.3, -0.25) is 4.79 Å². The van der Waals surface area contributed by atoms with Gasteiger partial charge in [-0.25, -0.2) is 19.3 Å². The molecule has 2 aromatic heterocycles. The van der Waals surface area contributed by atoms with Crippen LogP contribution in [0.5, 0.6) is 11.6 Å². The van der Waals surface area contributed by atoms with Crippen LogP contribution in [0.25, 0.3) is 11.4 Å². The van der Waals surface area contributed by atoms with Gasteiger partial charge in [0.05, 0.1) is 12.7 Å². The van der Waals surface area contributed by atoms with E-state index in [4.69, 9.17) is 9.47 Å². The molecule has 0 aliphatic carbocycles. The molecule has 0 saturated carbocycles. The highest BCUT2D eigenvalue weighted by Crippen LogP contribution is 2.37. The molecule has 4 rings (SSSR count). The number of nitrogens with zero attached hydrogens (tertiary/aromatic N) is 4. The van der Waals surface area contributed by atoms with E-state index in [0.29, 0.717) is 12.8 Å². The fourth-order valence-corrected chi connectivity index (χ4v) is 3.89. The van der Waals surface area contributed by atoms with E-state index in [1.807, 2.05) is 13.0 Å². The van der Waals surface area contributed by atoms with E-state index < -0.39 is 17.2 Å². The number of carbonyl (C=O) groups is 1. The van der Waals surface area contributed by atoms with Gasteiger partial charge < -0.3 is 14.8 Å². The van der Waals surface area contributed by atoms with Crippen LogP contribution in [0, 0.1) is 17.1 Å². The lowest BCUT2D eigenvalue weighted by molar-refractivity contribution is 0.0247. The zero-order chi connectivity index (χ0) is 23.4. The Morgan fingerprint density at radius 3 is 2.67 bits per heavy atom. The number of hydrogen-bond donors (Lipinski definition) is 1. The van der Waals surface area contributed by atoms with Crippen LogP contribution in [-0.2, 0) is 0 Å². The Kier molecular flexibility index (Phi) is 6.29. The fourth-order valence-electron chi connectivity index (χ4n) is 3.89. The SMILES string of the molecule is COc1c(C#N)ccnc1O[C@]1(C(=O)c2c(F)cccc2-c2ncccn2)CC[C@@H](C)NC1. The molecule has 1 fully saturated rings. The first-order chi connectivity index (χ1) is 16.0. The molecule has 3 heterocycles. The summed E-state index contributed by atoms with van der Waals surface area (Å²) in [5.41, 5.74) is -1.15. The summed E-state index contributed by atoms with van der Waals surface area (Å²) in [4.78, 5) is 26.6. The molecule has 8 nitrogen and oxygen atoms in total. The van der Waals surface area contributed by atoms with E-state index in [1.165, 1.54) is 43.9 Å². The number of hydrogen-bond acceptors (Lipinski definition) is 8. The third kappa shape index (κ3) is 4.25. The van der Waals surface area contributed by atoms with Crippen molar-refractivity contribution in [1.29, 1.82) is 5.26 Å². The molecule has 9 heteroatoms. The fraction of sp³-hybridized carbons (Fsp3) is 0.292. The van der Waals surface area contributed by atoms with Crippen molar-refractivity contribution in [3.8, 4) is 29.1 Å². The summed E-state index contributed by atoms with van der Waals surface area (Å²) in [6.07, 6.45) is 5.38. The number of aromatic nitrogens is 3. The van der Waals surface area contributed by atoms with Crippen molar-refractivity contribution in [1.82, 2.24) is 20.3 Å². The van der Waals surface area contributed by atoms with E-state index in [0.717, 1.165) is 0 Å². The summed E-state index contributed by atoms with van der Waals surface area (Å²) in [5, 5.41) is 12.7. The summed E-state index contributed by atoms with van der Waals surface area (Å²) in [7, 11) is 1.39. The van der Waals surface area contributed by atoms with E-state index in [-0.39, 0.29) is 46.7 Å². The highest BCUT2D eigenvalue weighted by molar-refractivity contribution is 6.07. The zero-order valence-electron chi connectivity index (χ0n) is 18.2. The van der Waals surface area contributed by atoms with Crippen molar-refractivity contribution < 1.29 is 18.7 Å². The average Bonchev–Trinajstić information content (AvgIpc) is 2.85. The third-order valence-corrected chi connectivity index (χ3v) is 5.67. The van der Waals surface area contributed by atoms with E-state index in [9.17, 15) is 10.1 Å². The van der Waals surface area contributed by atoms with Crippen LogP contribution in [0.3, 0.4) is 0 Å². The third-order valence-electron chi connectivity index (χ3n) is 5.67. The quantitative estimate of drug-likeness (QED) is 0.573. The molecule has 0 bridgehead atoms. The molecule has 1 aliphatic heterocycles. The molecule has 3 aromatic rings. The molecule has 0 spiro atoms. The Balaban J connectivity index is 1.84. The molecule has 1 saturated heterocycles.